The Kier molecular flexibility index (Phi) is 5.36. The van der Waals surface area contributed by atoms with Crippen molar-refractivity contribution < 1.29 is 9.53 Å². The average Bonchev–Trinajstić information content (AvgIpc) is 3.13. The molecular formula is C21H23N3O2S. The van der Waals surface area contributed by atoms with Gasteiger partial charge in [0.15, 0.2) is 5.13 Å². The summed E-state index contributed by atoms with van der Waals surface area (Å²) in [6.45, 7) is 5.28. The van der Waals surface area contributed by atoms with Gasteiger partial charge in [-0.25, -0.2) is 4.98 Å². The molecule has 4 rings (SSSR count). The number of benzene rings is 2. The van der Waals surface area contributed by atoms with Crippen molar-refractivity contribution in [1.82, 2.24) is 4.98 Å². The highest BCUT2D eigenvalue weighted by Gasteiger charge is 2.19. The van der Waals surface area contributed by atoms with E-state index in [4.69, 9.17) is 9.72 Å². The fraction of sp³-hybridized carbons (Fsp3) is 0.333. The third-order valence-corrected chi connectivity index (χ3v) is 5.93. The van der Waals surface area contributed by atoms with Crippen molar-refractivity contribution in [2.24, 2.45) is 0 Å². The number of carbonyl (C=O) groups is 1. The molecule has 1 N–H and O–H groups in total. The van der Waals surface area contributed by atoms with Gasteiger partial charge in [-0.2, -0.15) is 0 Å². The van der Waals surface area contributed by atoms with Crippen molar-refractivity contribution in [2.45, 2.75) is 19.3 Å². The maximum atomic E-state index is 12.8. The first-order valence-corrected chi connectivity index (χ1v) is 10.2. The summed E-state index contributed by atoms with van der Waals surface area (Å²) < 4.78 is 6.50. The Morgan fingerprint density at radius 3 is 2.74 bits per heavy atom. The smallest absolute Gasteiger partial charge is 0.231 e. The Hall–Kier alpha value is -2.44. The van der Waals surface area contributed by atoms with Gasteiger partial charge in [0.25, 0.3) is 0 Å². The van der Waals surface area contributed by atoms with Gasteiger partial charge in [-0.05, 0) is 30.2 Å². The maximum Gasteiger partial charge on any atom is 0.231 e. The summed E-state index contributed by atoms with van der Waals surface area (Å²) in [6.07, 6.45) is 0.764. The molecule has 1 saturated heterocycles. The normalized spacial score (nSPS) is 15.7. The number of ether oxygens (including phenoxy) is 1. The number of rotatable bonds is 5. The molecule has 1 unspecified atom stereocenters. The van der Waals surface area contributed by atoms with E-state index >= 15 is 0 Å². The molecule has 1 fully saturated rings. The third-order valence-electron chi connectivity index (χ3n) is 4.85. The minimum absolute atomic E-state index is 0.0287. The summed E-state index contributed by atoms with van der Waals surface area (Å²) in [5, 5.41) is 4.10. The van der Waals surface area contributed by atoms with Gasteiger partial charge >= 0.3 is 0 Å². The Morgan fingerprint density at radius 2 is 2.00 bits per heavy atom. The van der Waals surface area contributed by atoms with E-state index in [9.17, 15) is 4.79 Å². The van der Waals surface area contributed by atoms with Crippen LogP contribution in [0.25, 0.3) is 10.2 Å². The van der Waals surface area contributed by atoms with Crippen molar-refractivity contribution in [3.05, 3.63) is 54.1 Å². The molecule has 1 aliphatic heterocycles. The number of hydrogen-bond donors (Lipinski definition) is 1. The topological polar surface area (TPSA) is 54.5 Å². The van der Waals surface area contributed by atoms with Crippen molar-refractivity contribution in [1.29, 1.82) is 0 Å². The van der Waals surface area contributed by atoms with Crippen molar-refractivity contribution in [3.63, 3.8) is 0 Å². The summed E-state index contributed by atoms with van der Waals surface area (Å²) in [5.41, 5.74) is 2.83. The number of aromatic nitrogens is 1. The van der Waals surface area contributed by atoms with E-state index in [1.54, 1.807) is 11.3 Å². The number of hydrogen-bond acceptors (Lipinski definition) is 5. The highest BCUT2D eigenvalue weighted by atomic mass is 32.1. The molecule has 2 heterocycles. The molecule has 3 aromatic rings. The molecule has 2 aromatic carbocycles. The van der Waals surface area contributed by atoms with Crippen LogP contribution in [0.5, 0.6) is 0 Å². The summed E-state index contributed by atoms with van der Waals surface area (Å²) in [6, 6.07) is 15.9. The SMILES string of the molecule is CCC(C(=O)Nc1ccc2nc(N3CCOCC3)sc2c1)c1ccccc1. The van der Waals surface area contributed by atoms with Crippen LogP contribution < -0.4 is 10.2 Å². The van der Waals surface area contributed by atoms with Gasteiger partial charge in [0.1, 0.15) is 0 Å². The summed E-state index contributed by atoms with van der Waals surface area (Å²) >= 11 is 1.66. The fourth-order valence-electron chi connectivity index (χ4n) is 3.37. The van der Waals surface area contributed by atoms with Crippen LogP contribution in [-0.2, 0) is 9.53 Å². The molecule has 1 aliphatic rings. The minimum Gasteiger partial charge on any atom is -0.378 e. The number of fused-ring (bicyclic) bond motifs is 1. The standard InChI is InChI=1S/C21H23N3O2S/c1-2-17(15-6-4-3-5-7-15)20(25)22-16-8-9-18-19(14-16)27-21(23-18)24-10-12-26-13-11-24/h3-9,14,17H,2,10-13H2,1H3,(H,22,25). The predicted molar refractivity (Wildman–Crippen MR) is 111 cm³/mol. The average molecular weight is 382 g/mol. The van der Waals surface area contributed by atoms with Crippen LogP contribution in [0.3, 0.4) is 0 Å². The van der Waals surface area contributed by atoms with E-state index in [0.29, 0.717) is 0 Å². The number of nitrogens with one attached hydrogen (secondary N) is 1. The molecule has 0 bridgehead atoms. The van der Waals surface area contributed by atoms with E-state index in [2.05, 4.69) is 10.2 Å². The first-order chi connectivity index (χ1) is 13.2. The predicted octanol–water partition coefficient (Wildman–Crippen LogP) is 4.27. The van der Waals surface area contributed by atoms with Gasteiger partial charge in [0.2, 0.25) is 5.91 Å². The van der Waals surface area contributed by atoms with Gasteiger partial charge in [-0.15, -0.1) is 0 Å². The molecule has 1 atom stereocenters. The van der Waals surface area contributed by atoms with Crippen LogP contribution in [0.1, 0.15) is 24.8 Å². The molecular weight excluding hydrogens is 358 g/mol. The number of nitrogens with zero attached hydrogens (tertiary/aromatic N) is 2. The van der Waals surface area contributed by atoms with Crippen molar-refractivity contribution in [2.75, 3.05) is 36.5 Å². The second-order valence-corrected chi connectivity index (χ2v) is 7.65. The van der Waals surface area contributed by atoms with Crippen LogP contribution in [0, 0.1) is 0 Å². The van der Waals surface area contributed by atoms with Crippen LogP contribution in [0.15, 0.2) is 48.5 Å². The van der Waals surface area contributed by atoms with Gasteiger partial charge in [-0.1, -0.05) is 48.6 Å². The van der Waals surface area contributed by atoms with E-state index in [1.807, 2.05) is 55.5 Å². The largest absolute Gasteiger partial charge is 0.378 e. The molecule has 0 spiro atoms. The Bertz CT molecular complexity index is 920. The number of thiazole rings is 1. The molecule has 5 nitrogen and oxygen atoms in total. The summed E-state index contributed by atoms with van der Waals surface area (Å²) in [5.74, 6) is -0.117. The van der Waals surface area contributed by atoms with E-state index in [-0.39, 0.29) is 11.8 Å². The van der Waals surface area contributed by atoms with Crippen LogP contribution in [0.4, 0.5) is 10.8 Å². The Balaban J connectivity index is 1.52. The Morgan fingerprint density at radius 1 is 1.22 bits per heavy atom. The minimum atomic E-state index is -0.146. The highest BCUT2D eigenvalue weighted by molar-refractivity contribution is 7.22. The van der Waals surface area contributed by atoms with Crippen LogP contribution in [0.2, 0.25) is 0 Å². The van der Waals surface area contributed by atoms with Crippen LogP contribution in [-0.4, -0.2) is 37.2 Å². The first-order valence-electron chi connectivity index (χ1n) is 9.33. The van der Waals surface area contributed by atoms with Gasteiger partial charge in [-0.3, -0.25) is 4.79 Å². The molecule has 27 heavy (non-hydrogen) atoms. The zero-order chi connectivity index (χ0) is 18.6. The second-order valence-electron chi connectivity index (χ2n) is 6.64. The molecule has 140 valence electrons. The number of carbonyl (C=O) groups excluding carboxylic acids is 1. The lowest BCUT2D eigenvalue weighted by molar-refractivity contribution is -0.117. The Labute approximate surface area is 163 Å². The number of amides is 1. The van der Waals surface area contributed by atoms with Gasteiger partial charge in [0, 0.05) is 18.8 Å². The van der Waals surface area contributed by atoms with E-state index in [1.165, 1.54) is 0 Å². The third kappa shape index (κ3) is 3.96. The lowest BCUT2D eigenvalue weighted by atomic mass is 9.95. The quantitative estimate of drug-likeness (QED) is 0.717. The lowest BCUT2D eigenvalue weighted by Crippen LogP contribution is -2.36. The molecule has 1 amide bonds. The number of morpholine rings is 1. The molecule has 0 radical (unpaired) electrons. The molecule has 0 aliphatic carbocycles. The zero-order valence-electron chi connectivity index (χ0n) is 15.4. The van der Waals surface area contributed by atoms with Crippen molar-refractivity contribution >= 4 is 38.3 Å². The lowest BCUT2D eigenvalue weighted by Gasteiger charge is -2.25. The van der Waals surface area contributed by atoms with Gasteiger partial charge in [0.05, 0.1) is 29.3 Å². The maximum absolute atomic E-state index is 12.8. The fourth-order valence-corrected chi connectivity index (χ4v) is 4.42. The monoisotopic (exact) mass is 381 g/mol. The highest BCUT2D eigenvalue weighted by Crippen LogP contribution is 2.31. The number of anilines is 2. The molecule has 0 saturated carbocycles. The molecule has 1 aromatic heterocycles. The zero-order valence-corrected chi connectivity index (χ0v) is 16.2. The van der Waals surface area contributed by atoms with Crippen LogP contribution >= 0.6 is 11.3 Å². The van der Waals surface area contributed by atoms with Crippen molar-refractivity contribution in [3.8, 4) is 0 Å². The van der Waals surface area contributed by atoms with Gasteiger partial charge < -0.3 is 15.0 Å². The first kappa shape index (κ1) is 17.9. The molecule has 6 heteroatoms. The van der Waals surface area contributed by atoms with E-state index in [0.717, 1.165) is 59.3 Å². The summed E-state index contributed by atoms with van der Waals surface area (Å²) in [4.78, 5) is 19.8. The van der Waals surface area contributed by atoms with E-state index < -0.39 is 0 Å². The summed E-state index contributed by atoms with van der Waals surface area (Å²) in [7, 11) is 0. The second kappa shape index (κ2) is 8.06.